The Balaban J connectivity index is 1.59. The monoisotopic (exact) mass is 412 g/mol. The van der Waals surface area contributed by atoms with E-state index in [-0.39, 0.29) is 17.8 Å². The molecule has 2 aromatic carbocycles. The van der Waals surface area contributed by atoms with Crippen molar-refractivity contribution < 1.29 is 9.18 Å². The first-order valence-corrected chi connectivity index (χ1v) is 10.4. The second kappa shape index (κ2) is 9.60. The molecule has 0 unspecified atom stereocenters. The van der Waals surface area contributed by atoms with Gasteiger partial charge in [-0.3, -0.25) is 4.79 Å². The third-order valence-corrected chi connectivity index (χ3v) is 5.31. The topological polar surface area (TPSA) is 58.1 Å². The molecule has 152 valence electrons. The first kappa shape index (κ1) is 20.9. The molecule has 1 N–H and O–H groups in total. The number of aromatic nitrogens is 2. The predicted molar refractivity (Wildman–Crippen MR) is 116 cm³/mol. The Kier molecular flexibility index (Phi) is 6.93. The normalized spacial score (nSPS) is 10.9. The van der Waals surface area contributed by atoms with E-state index in [2.05, 4.69) is 33.4 Å². The molecule has 1 amide bonds. The van der Waals surface area contributed by atoms with Crippen LogP contribution in [0, 0.1) is 12.7 Å². The number of anilines is 2. The molecule has 1 aromatic heterocycles. The van der Waals surface area contributed by atoms with Crippen molar-refractivity contribution in [3.8, 4) is 0 Å². The van der Waals surface area contributed by atoms with Gasteiger partial charge in [0, 0.05) is 42.6 Å². The molecule has 0 atom stereocenters. The van der Waals surface area contributed by atoms with Gasteiger partial charge < -0.3 is 10.2 Å². The number of aryl methyl sites for hydroxylation is 1. The summed E-state index contributed by atoms with van der Waals surface area (Å²) in [5.74, 6) is 0.414. The molecule has 0 saturated heterocycles. The molecule has 29 heavy (non-hydrogen) atoms. The van der Waals surface area contributed by atoms with E-state index < -0.39 is 0 Å². The maximum Gasteiger partial charge on any atom is 0.226 e. The first-order valence-electron chi connectivity index (χ1n) is 9.61. The predicted octanol–water partition coefficient (Wildman–Crippen LogP) is 4.82. The van der Waals surface area contributed by atoms with Crippen molar-refractivity contribution in [3.63, 3.8) is 0 Å². The zero-order valence-corrected chi connectivity index (χ0v) is 17.7. The first-order chi connectivity index (χ1) is 13.9. The maximum atomic E-state index is 13.1. The van der Waals surface area contributed by atoms with Gasteiger partial charge >= 0.3 is 0 Å². The van der Waals surface area contributed by atoms with Crippen LogP contribution in [0.4, 0.5) is 15.2 Å². The van der Waals surface area contributed by atoms with E-state index >= 15 is 0 Å². The molecule has 0 aliphatic heterocycles. The molecule has 5 nitrogen and oxygen atoms in total. The number of nitrogens with one attached hydrogen (secondary N) is 1. The van der Waals surface area contributed by atoms with Crippen LogP contribution in [0.1, 0.15) is 37.2 Å². The average molecular weight is 413 g/mol. The third kappa shape index (κ3) is 6.09. The fourth-order valence-electron chi connectivity index (χ4n) is 2.88. The largest absolute Gasteiger partial charge is 0.344 e. The van der Waals surface area contributed by atoms with Crippen molar-refractivity contribution in [2.75, 3.05) is 16.8 Å². The summed E-state index contributed by atoms with van der Waals surface area (Å²) in [6, 6.07) is 14.3. The molecule has 0 spiro atoms. The highest BCUT2D eigenvalue weighted by Gasteiger charge is 2.17. The van der Waals surface area contributed by atoms with E-state index in [4.69, 9.17) is 0 Å². The van der Waals surface area contributed by atoms with Gasteiger partial charge in [-0.1, -0.05) is 29.8 Å². The minimum atomic E-state index is -0.254. The number of amides is 1. The molecule has 7 heteroatoms. The summed E-state index contributed by atoms with van der Waals surface area (Å²) in [6.45, 7) is 6.71. The Morgan fingerprint density at radius 1 is 1.14 bits per heavy atom. The molecule has 1 heterocycles. The molecule has 0 radical (unpaired) electrons. The lowest BCUT2D eigenvalue weighted by molar-refractivity contribution is -0.116. The molecule has 0 fully saturated rings. The summed E-state index contributed by atoms with van der Waals surface area (Å²) in [4.78, 5) is 19.0. The van der Waals surface area contributed by atoms with Crippen molar-refractivity contribution in [2.45, 2.75) is 39.7 Å². The Morgan fingerprint density at radius 3 is 2.48 bits per heavy atom. The highest BCUT2D eigenvalue weighted by Crippen LogP contribution is 2.22. The Labute approximate surface area is 174 Å². The molecular formula is C22H25FN4OS. The molecule has 0 aliphatic rings. The van der Waals surface area contributed by atoms with Crippen molar-refractivity contribution in [1.82, 2.24) is 9.36 Å². The van der Waals surface area contributed by atoms with Gasteiger partial charge in [0.1, 0.15) is 11.6 Å². The van der Waals surface area contributed by atoms with Crippen molar-refractivity contribution >= 4 is 28.3 Å². The van der Waals surface area contributed by atoms with Gasteiger partial charge in [-0.2, -0.15) is 4.37 Å². The third-order valence-electron chi connectivity index (χ3n) is 4.52. The summed E-state index contributed by atoms with van der Waals surface area (Å²) in [7, 11) is 0. The van der Waals surface area contributed by atoms with Crippen LogP contribution in [-0.4, -0.2) is 27.9 Å². The minimum absolute atomic E-state index is 0.0319. The molecule has 0 bridgehead atoms. The van der Waals surface area contributed by atoms with Gasteiger partial charge in [-0.25, -0.2) is 9.37 Å². The fourth-order valence-corrected chi connectivity index (χ4v) is 3.72. The highest BCUT2D eigenvalue weighted by atomic mass is 32.1. The van der Waals surface area contributed by atoms with Crippen LogP contribution in [-0.2, 0) is 11.2 Å². The molecule has 3 aromatic rings. The van der Waals surface area contributed by atoms with Crippen LogP contribution >= 0.6 is 11.5 Å². The van der Waals surface area contributed by atoms with Crippen molar-refractivity contribution in [1.29, 1.82) is 0 Å². The van der Waals surface area contributed by atoms with Gasteiger partial charge in [-0.15, -0.1) is 0 Å². The second-order valence-electron chi connectivity index (χ2n) is 7.25. The number of carbonyl (C=O) groups is 1. The highest BCUT2D eigenvalue weighted by molar-refractivity contribution is 7.09. The van der Waals surface area contributed by atoms with Crippen LogP contribution in [0.5, 0.6) is 0 Å². The van der Waals surface area contributed by atoms with E-state index in [0.717, 1.165) is 21.9 Å². The fraction of sp³-hybridized carbons (Fsp3) is 0.318. The summed E-state index contributed by atoms with van der Waals surface area (Å²) < 4.78 is 17.5. The number of hydrogen-bond acceptors (Lipinski definition) is 5. The number of nitrogens with zero attached hydrogens (tertiary/aromatic N) is 3. The zero-order chi connectivity index (χ0) is 20.8. The number of carbonyl (C=O) groups excluding carboxylic acids is 1. The average Bonchev–Trinajstić information content (AvgIpc) is 3.13. The number of benzene rings is 2. The van der Waals surface area contributed by atoms with Gasteiger partial charge in [0.05, 0.1) is 0 Å². The Bertz CT molecular complexity index is 938. The number of halogens is 1. The molecule has 0 aliphatic carbocycles. The Hall–Kier alpha value is -2.80. The lowest BCUT2D eigenvalue weighted by Gasteiger charge is -2.25. The van der Waals surface area contributed by atoms with Crippen molar-refractivity contribution in [3.05, 3.63) is 71.3 Å². The molecule has 3 rings (SSSR count). The van der Waals surface area contributed by atoms with Gasteiger partial charge in [-0.05, 0) is 50.6 Å². The summed E-state index contributed by atoms with van der Waals surface area (Å²) in [5.41, 5.74) is 2.92. The van der Waals surface area contributed by atoms with Gasteiger partial charge in [0.15, 0.2) is 0 Å². The lowest BCUT2D eigenvalue weighted by Crippen LogP contribution is -2.33. The quantitative estimate of drug-likeness (QED) is 0.576. The Morgan fingerprint density at radius 2 is 1.83 bits per heavy atom. The summed E-state index contributed by atoms with van der Waals surface area (Å²) in [5, 5.41) is 3.72. The smallest absolute Gasteiger partial charge is 0.226 e. The van der Waals surface area contributed by atoms with Crippen molar-refractivity contribution in [2.24, 2.45) is 0 Å². The summed E-state index contributed by atoms with van der Waals surface area (Å²) >= 11 is 1.32. The maximum absolute atomic E-state index is 13.1. The van der Waals surface area contributed by atoms with Crippen LogP contribution in [0.25, 0.3) is 0 Å². The zero-order valence-electron chi connectivity index (χ0n) is 16.9. The van der Waals surface area contributed by atoms with Crippen LogP contribution in [0.15, 0.2) is 48.5 Å². The van der Waals surface area contributed by atoms with E-state index in [1.54, 1.807) is 12.1 Å². The SMILES string of the molecule is Cc1ccc(NC(=O)CCN(c2nc(Cc3ccc(F)cc3)ns2)C(C)C)cc1. The lowest BCUT2D eigenvalue weighted by atomic mass is 10.1. The van der Waals surface area contributed by atoms with Crippen LogP contribution < -0.4 is 10.2 Å². The molecular weight excluding hydrogens is 387 g/mol. The van der Waals surface area contributed by atoms with E-state index in [0.29, 0.717) is 25.2 Å². The van der Waals surface area contributed by atoms with Gasteiger partial charge in [0.2, 0.25) is 11.0 Å². The minimum Gasteiger partial charge on any atom is -0.344 e. The second-order valence-corrected chi connectivity index (χ2v) is 7.98. The molecule has 0 saturated carbocycles. The van der Waals surface area contributed by atoms with Gasteiger partial charge in [0.25, 0.3) is 0 Å². The van der Waals surface area contributed by atoms with E-state index in [1.807, 2.05) is 31.2 Å². The van der Waals surface area contributed by atoms with E-state index in [9.17, 15) is 9.18 Å². The number of rotatable bonds is 8. The number of hydrogen-bond donors (Lipinski definition) is 1. The summed E-state index contributed by atoms with van der Waals surface area (Å²) in [6.07, 6.45) is 0.912. The standard InChI is InChI=1S/C22H25FN4OS/c1-15(2)27(13-12-21(28)24-19-10-4-16(3)5-11-19)22-25-20(26-29-22)14-17-6-8-18(23)9-7-17/h4-11,15H,12-14H2,1-3H3,(H,24,28). The van der Waals surface area contributed by atoms with Crippen LogP contribution in [0.2, 0.25) is 0 Å². The van der Waals surface area contributed by atoms with E-state index in [1.165, 1.54) is 23.7 Å². The van der Waals surface area contributed by atoms with Crippen LogP contribution in [0.3, 0.4) is 0 Å².